The summed E-state index contributed by atoms with van der Waals surface area (Å²) in [5.74, 6) is -0.0454. The second-order valence-corrected chi connectivity index (χ2v) is 5.30. The maximum Gasteiger partial charge on any atom is 0.161 e. The minimum atomic E-state index is -0.0454. The summed E-state index contributed by atoms with van der Waals surface area (Å²) in [6.45, 7) is 2.16. The van der Waals surface area contributed by atoms with Crippen molar-refractivity contribution in [2.75, 3.05) is 11.9 Å². The van der Waals surface area contributed by atoms with Gasteiger partial charge in [-0.25, -0.2) is 0 Å². The van der Waals surface area contributed by atoms with Gasteiger partial charge in [0.1, 0.15) is 0 Å². The first-order valence-corrected chi connectivity index (χ1v) is 6.89. The highest BCUT2D eigenvalue weighted by molar-refractivity contribution is 6.34. The van der Waals surface area contributed by atoms with Gasteiger partial charge in [0.15, 0.2) is 5.78 Å². The van der Waals surface area contributed by atoms with Crippen LogP contribution in [0.4, 0.5) is 5.69 Å². The molecule has 106 valence electrons. The van der Waals surface area contributed by atoms with Gasteiger partial charge in [-0.3, -0.25) is 4.79 Å². The number of benzene rings is 2. The van der Waals surface area contributed by atoms with E-state index < -0.39 is 0 Å². The topological polar surface area (TPSA) is 44.1 Å². The molecular formula is C17H15ClN2O. The Bertz CT molecular complexity index is 719. The summed E-state index contributed by atoms with van der Waals surface area (Å²) < 4.78 is 0. The summed E-state index contributed by atoms with van der Waals surface area (Å²) in [6, 6.07) is 15.0. The first kappa shape index (κ1) is 15.1. The zero-order valence-corrected chi connectivity index (χ0v) is 12.7. The van der Waals surface area contributed by atoms with Crippen molar-refractivity contribution in [1.82, 2.24) is 0 Å². The van der Waals surface area contributed by atoms with E-state index in [2.05, 4.69) is 6.07 Å². The monoisotopic (exact) mass is 298 g/mol. The van der Waals surface area contributed by atoms with Crippen LogP contribution in [0.5, 0.6) is 0 Å². The number of Topliss-reactive ketones (excluding diaryl/α,β-unsaturated/α-hetero) is 1. The van der Waals surface area contributed by atoms with Crippen molar-refractivity contribution in [1.29, 1.82) is 5.26 Å². The van der Waals surface area contributed by atoms with Crippen LogP contribution in [-0.4, -0.2) is 12.8 Å². The molecule has 0 aliphatic rings. The zero-order chi connectivity index (χ0) is 15.4. The van der Waals surface area contributed by atoms with Gasteiger partial charge in [-0.05, 0) is 42.8 Å². The van der Waals surface area contributed by atoms with Gasteiger partial charge in [-0.15, -0.1) is 0 Å². The summed E-state index contributed by atoms with van der Waals surface area (Å²) >= 11 is 6.13. The number of carbonyl (C=O) groups excluding carboxylic acids is 1. The second-order valence-electron chi connectivity index (χ2n) is 4.89. The molecule has 0 fully saturated rings. The van der Waals surface area contributed by atoms with Crippen molar-refractivity contribution < 1.29 is 4.79 Å². The third-order valence-electron chi connectivity index (χ3n) is 3.25. The summed E-state index contributed by atoms with van der Waals surface area (Å²) in [4.78, 5) is 13.4. The molecule has 2 aromatic rings. The quantitative estimate of drug-likeness (QED) is 0.800. The molecule has 3 nitrogen and oxygen atoms in total. The van der Waals surface area contributed by atoms with Crippen molar-refractivity contribution in [3.05, 3.63) is 64.2 Å². The standard InChI is InChI=1S/C17H15ClN2O/c1-12(21)16-7-6-15(9-17(16)18)20(2)11-14-5-3-4-13(8-14)10-19/h3-9H,11H2,1-2H3. The zero-order valence-electron chi connectivity index (χ0n) is 11.9. The van der Waals surface area contributed by atoms with E-state index >= 15 is 0 Å². The van der Waals surface area contributed by atoms with Crippen LogP contribution in [-0.2, 0) is 6.54 Å². The fourth-order valence-electron chi connectivity index (χ4n) is 2.13. The van der Waals surface area contributed by atoms with Gasteiger partial charge in [0.05, 0.1) is 16.7 Å². The van der Waals surface area contributed by atoms with Crippen LogP contribution in [0.3, 0.4) is 0 Å². The lowest BCUT2D eigenvalue weighted by atomic mass is 10.1. The summed E-state index contributed by atoms with van der Waals surface area (Å²) in [5.41, 5.74) is 3.14. The predicted molar refractivity (Wildman–Crippen MR) is 84.7 cm³/mol. The Hall–Kier alpha value is -2.31. The lowest BCUT2D eigenvalue weighted by Gasteiger charge is -2.20. The average Bonchev–Trinajstić information content (AvgIpc) is 2.46. The second kappa shape index (κ2) is 6.43. The molecule has 0 unspecified atom stereocenters. The Balaban J connectivity index is 2.20. The molecule has 0 bridgehead atoms. The summed E-state index contributed by atoms with van der Waals surface area (Å²) in [6.07, 6.45) is 0. The molecule has 0 aliphatic heterocycles. The number of hydrogen-bond acceptors (Lipinski definition) is 3. The molecule has 0 radical (unpaired) electrons. The summed E-state index contributed by atoms with van der Waals surface area (Å²) in [7, 11) is 1.94. The van der Waals surface area contributed by atoms with Crippen molar-refractivity contribution in [2.45, 2.75) is 13.5 Å². The fraction of sp³-hybridized carbons (Fsp3) is 0.176. The number of rotatable bonds is 4. The highest BCUT2D eigenvalue weighted by Crippen LogP contribution is 2.24. The molecule has 0 aromatic heterocycles. The lowest BCUT2D eigenvalue weighted by molar-refractivity contribution is 0.101. The third-order valence-corrected chi connectivity index (χ3v) is 3.56. The van der Waals surface area contributed by atoms with Crippen molar-refractivity contribution in [3.8, 4) is 6.07 Å². The Labute approximate surface area is 129 Å². The number of carbonyl (C=O) groups is 1. The number of nitrogens with zero attached hydrogens (tertiary/aromatic N) is 2. The molecule has 4 heteroatoms. The van der Waals surface area contributed by atoms with Gasteiger partial charge in [0.25, 0.3) is 0 Å². The van der Waals surface area contributed by atoms with Gasteiger partial charge in [-0.1, -0.05) is 23.7 Å². The van der Waals surface area contributed by atoms with Crippen molar-refractivity contribution in [2.24, 2.45) is 0 Å². The van der Waals surface area contributed by atoms with E-state index in [9.17, 15) is 4.79 Å². The first-order chi connectivity index (χ1) is 10.0. The Morgan fingerprint density at radius 3 is 2.67 bits per heavy atom. The molecule has 0 heterocycles. The number of anilines is 1. The first-order valence-electron chi connectivity index (χ1n) is 6.52. The van der Waals surface area contributed by atoms with E-state index in [4.69, 9.17) is 16.9 Å². The van der Waals surface area contributed by atoms with Crippen molar-refractivity contribution >= 4 is 23.1 Å². The Morgan fingerprint density at radius 1 is 1.29 bits per heavy atom. The highest BCUT2D eigenvalue weighted by Gasteiger charge is 2.09. The number of hydrogen-bond donors (Lipinski definition) is 0. The average molecular weight is 299 g/mol. The molecule has 0 N–H and O–H groups in total. The molecule has 0 saturated heterocycles. The van der Waals surface area contributed by atoms with Crippen molar-refractivity contribution in [3.63, 3.8) is 0 Å². The smallest absolute Gasteiger partial charge is 0.161 e. The third kappa shape index (κ3) is 3.62. The lowest BCUT2D eigenvalue weighted by Crippen LogP contribution is -2.16. The number of ketones is 1. The molecule has 2 rings (SSSR count). The van der Waals surface area contributed by atoms with Crippen LogP contribution in [0.25, 0.3) is 0 Å². The van der Waals surface area contributed by atoms with E-state index in [0.717, 1.165) is 11.3 Å². The van der Waals surface area contributed by atoms with Crippen LogP contribution in [0, 0.1) is 11.3 Å². The van der Waals surface area contributed by atoms with Gasteiger partial charge < -0.3 is 4.90 Å². The van der Waals surface area contributed by atoms with Crippen LogP contribution in [0.1, 0.15) is 28.4 Å². The maximum absolute atomic E-state index is 11.4. The minimum absolute atomic E-state index is 0.0454. The van der Waals surface area contributed by atoms with E-state index in [1.807, 2.05) is 36.2 Å². The van der Waals surface area contributed by atoms with Gasteiger partial charge >= 0.3 is 0 Å². The Kier molecular flexibility index (Phi) is 4.62. The predicted octanol–water partition coefficient (Wildman–Crippen LogP) is 4.05. The van der Waals surface area contributed by atoms with E-state index in [0.29, 0.717) is 22.7 Å². The molecule has 21 heavy (non-hydrogen) atoms. The molecule has 0 saturated carbocycles. The number of nitriles is 1. The molecule has 0 atom stereocenters. The summed E-state index contributed by atoms with van der Waals surface area (Å²) in [5, 5.41) is 9.38. The van der Waals surface area contributed by atoms with E-state index in [1.54, 1.807) is 18.2 Å². The molecule has 0 aliphatic carbocycles. The van der Waals surface area contributed by atoms with Crippen LogP contribution in [0.2, 0.25) is 5.02 Å². The SMILES string of the molecule is CC(=O)c1ccc(N(C)Cc2cccc(C#N)c2)cc1Cl. The van der Waals surface area contributed by atoms with Crippen LogP contribution in [0.15, 0.2) is 42.5 Å². The van der Waals surface area contributed by atoms with E-state index in [-0.39, 0.29) is 5.78 Å². The Morgan fingerprint density at radius 2 is 2.05 bits per heavy atom. The maximum atomic E-state index is 11.4. The van der Waals surface area contributed by atoms with Gasteiger partial charge in [0, 0.05) is 24.8 Å². The van der Waals surface area contributed by atoms with Gasteiger partial charge in [-0.2, -0.15) is 5.26 Å². The van der Waals surface area contributed by atoms with E-state index in [1.165, 1.54) is 6.92 Å². The molecule has 0 spiro atoms. The van der Waals surface area contributed by atoms with Crippen LogP contribution < -0.4 is 4.90 Å². The fourth-order valence-corrected chi connectivity index (χ4v) is 2.44. The highest BCUT2D eigenvalue weighted by atomic mass is 35.5. The van der Waals surface area contributed by atoms with Crippen LogP contribution >= 0.6 is 11.6 Å². The molecular weight excluding hydrogens is 284 g/mol. The normalized spacial score (nSPS) is 10.0. The number of halogens is 1. The molecule has 2 aromatic carbocycles. The minimum Gasteiger partial charge on any atom is -0.370 e. The largest absolute Gasteiger partial charge is 0.370 e. The van der Waals surface area contributed by atoms with Gasteiger partial charge in [0.2, 0.25) is 0 Å². The molecule has 0 amide bonds.